The fraction of sp³-hybridized carbons (Fsp3) is 0.263. The van der Waals surface area contributed by atoms with Gasteiger partial charge in [0.1, 0.15) is 12.4 Å². The minimum atomic E-state index is -0.0158. The fourth-order valence-electron chi connectivity index (χ4n) is 3.15. The van der Waals surface area contributed by atoms with E-state index in [0.717, 1.165) is 12.0 Å². The number of aromatic amines is 1. The molecule has 0 saturated carbocycles. The SMILES string of the molecule is O=C(c1cccc(OCc2ccc(Cl)cc2)c1)N1CCC(c2nn[nH]n2)C1. The monoisotopic (exact) mass is 383 g/mol. The third-order valence-corrected chi connectivity index (χ3v) is 4.85. The zero-order valence-corrected chi connectivity index (χ0v) is 15.3. The van der Waals surface area contributed by atoms with Gasteiger partial charge in [0, 0.05) is 29.6 Å². The lowest BCUT2D eigenvalue weighted by Gasteiger charge is -2.16. The number of nitrogens with one attached hydrogen (secondary N) is 1. The van der Waals surface area contributed by atoms with Crippen LogP contribution in [-0.2, 0) is 6.61 Å². The van der Waals surface area contributed by atoms with E-state index in [2.05, 4.69) is 20.6 Å². The molecule has 0 aliphatic carbocycles. The Hall–Kier alpha value is -2.93. The van der Waals surface area contributed by atoms with Crippen LogP contribution in [0.1, 0.15) is 34.1 Å². The summed E-state index contributed by atoms with van der Waals surface area (Å²) in [6.07, 6.45) is 0.831. The van der Waals surface area contributed by atoms with Crippen LogP contribution in [0, 0.1) is 0 Å². The van der Waals surface area contributed by atoms with E-state index in [0.29, 0.717) is 41.9 Å². The van der Waals surface area contributed by atoms with E-state index in [1.807, 2.05) is 41.3 Å². The summed E-state index contributed by atoms with van der Waals surface area (Å²) in [5.41, 5.74) is 1.62. The van der Waals surface area contributed by atoms with Gasteiger partial charge in [0.05, 0.1) is 0 Å². The number of hydrogen-bond acceptors (Lipinski definition) is 5. The number of tetrazole rings is 1. The van der Waals surface area contributed by atoms with Crippen molar-refractivity contribution in [3.05, 3.63) is 70.5 Å². The van der Waals surface area contributed by atoms with Crippen LogP contribution in [0.3, 0.4) is 0 Å². The van der Waals surface area contributed by atoms with Crippen molar-refractivity contribution in [2.45, 2.75) is 18.9 Å². The second-order valence-electron chi connectivity index (χ2n) is 6.45. The molecule has 1 aliphatic heterocycles. The summed E-state index contributed by atoms with van der Waals surface area (Å²) < 4.78 is 5.82. The first-order chi connectivity index (χ1) is 13.2. The number of carbonyl (C=O) groups is 1. The molecule has 1 saturated heterocycles. The molecule has 0 spiro atoms. The maximum Gasteiger partial charge on any atom is 0.254 e. The summed E-state index contributed by atoms with van der Waals surface area (Å²) in [4.78, 5) is 14.6. The van der Waals surface area contributed by atoms with Crippen molar-refractivity contribution >= 4 is 17.5 Å². The van der Waals surface area contributed by atoms with Crippen LogP contribution in [0.4, 0.5) is 0 Å². The van der Waals surface area contributed by atoms with E-state index < -0.39 is 0 Å². The minimum Gasteiger partial charge on any atom is -0.489 e. The van der Waals surface area contributed by atoms with Crippen molar-refractivity contribution in [1.29, 1.82) is 0 Å². The predicted octanol–water partition coefficient (Wildman–Crippen LogP) is 3.06. The van der Waals surface area contributed by atoms with Crippen LogP contribution in [0.15, 0.2) is 48.5 Å². The molecule has 1 aromatic heterocycles. The molecule has 2 heterocycles. The summed E-state index contributed by atoms with van der Waals surface area (Å²) in [6, 6.07) is 14.7. The number of benzene rings is 2. The zero-order valence-electron chi connectivity index (χ0n) is 14.5. The Balaban J connectivity index is 1.39. The molecule has 138 valence electrons. The zero-order chi connectivity index (χ0) is 18.6. The van der Waals surface area contributed by atoms with Gasteiger partial charge in [0.2, 0.25) is 0 Å². The highest BCUT2D eigenvalue weighted by Gasteiger charge is 2.30. The molecule has 1 fully saturated rings. The molecule has 1 atom stereocenters. The van der Waals surface area contributed by atoms with E-state index in [1.165, 1.54) is 0 Å². The number of ether oxygens (including phenoxy) is 1. The van der Waals surface area contributed by atoms with Gasteiger partial charge < -0.3 is 9.64 Å². The Morgan fingerprint density at radius 1 is 1.26 bits per heavy atom. The van der Waals surface area contributed by atoms with Crippen LogP contribution in [0.5, 0.6) is 5.75 Å². The average Bonchev–Trinajstić information content (AvgIpc) is 3.39. The largest absolute Gasteiger partial charge is 0.489 e. The standard InChI is InChI=1S/C19H18ClN5O2/c20-16-6-4-13(5-7-16)12-27-17-3-1-2-14(10-17)19(26)25-9-8-15(11-25)18-21-23-24-22-18/h1-7,10,15H,8-9,11-12H2,(H,21,22,23,24). The van der Waals surface area contributed by atoms with Crippen molar-refractivity contribution in [2.75, 3.05) is 13.1 Å². The van der Waals surface area contributed by atoms with Crippen LogP contribution >= 0.6 is 11.6 Å². The first-order valence-corrected chi connectivity index (χ1v) is 9.07. The molecule has 7 nitrogen and oxygen atoms in total. The maximum absolute atomic E-state index is 12.8. The topological polar surface area (TPSA) is 84.0 Å². The van der Waals surface area contributed by atoms with E-state index in [1.54, 1.807) is 12.1 Å². The number of hydrogen-bond donors (Lipinski definition) is 1. The number of carbonyl (C=O) groups excluding carboxylic acids is 1. The quantitative estimate of drug-likeness (QED) is 0.732. The molecular weight excluding hydrogens is 366 g/mol. The summed E-state index contributed by atoms with van der Waals surface area (Å²) in [5.74, 6) is 1.42. The number of aromatic nitrogens is 4. The van der Waals surface area contributed by atoms with E-state index in [9.17, 15) is 4.79 Å². The minimum absolute atomic E-state index is 0.0158. The van der Waals surface area contributed by atoms with E-state index in [-0.39, 0.29) is 11.8 Å². The van der Waals surface area contributed by atoms with E-state index >= 15 is 0 Å². The van der Waals surface area contributed by atoms with Crippen molar-refractivity contribution in [3.63, 3.8) is 0 Å². The molecule has 1 N–H and O–H groups in total. The van der Waals surface area contributed by atoms with Gasteiger partial charge in [-0.15, -0.1) is 10.2 Å². The lowest BCUT2D eigenvalue weighted by atomic mass is 10.1. The summed E-state index contributed by atoms with van der Waals surface area (Å²) >= 11 is 5.89. The van der Waals surface area contributed by atoms with Crippen LogP contribution in [0.25, 0.3) is 0 Å². The van der Waals surface area contributed by atoms with Crippen molar-refractivity contribution in [3.8, 4) is 5.75 Å². The van der Waals surface area contributed by atoms with Crippen LogP contribution in [-0.4, -0.2) is 44.5 Å². The first kappa shape index (κ1) is 17.5. The van der Waals surface area contributed by atoms with Gasteiger partial charge in [0.15, 0.2) is 5.82 Å². The molecular formula is C19H18ClN5O2. The van der Waals surface area contributed by atoms with Gasteiger partial charge >= 0.3 is 0 Å². The summed E-state index contributed by atoms with van der Waals surface area (Å²) in [7, 11) is 0. The van der Waals surface area contributed by atoms with Crippen molar-refractivity contribution in [2.24, 2.45) is 0 Å². The summed E-state index contributed by atoms with van der Waals surface area (Å²) in [5, 5.41) is 14.8. The predicted molar refractivity (Wildman–Crippen MR) is 99.7 cm³/mol. The smallest absolute Gasteiger partial charge is 0.254 e. The molecule has 2 aromatic carbocycles. The Kier molecular flexibility index (Phi) is 5.02. The molecule has 3 aromatic rings. The molecule has 0 radical (unpaired) electrons. The van der Waals surface area contributed by atoms with Gasteiger partial charge in [-0.05, 0) is 42.3 Å². The number of H-pyrrole nitrogens is 1. The molecule has 4 rings (SSSR count). The molecule has 1 amide bonds. The second kappa shape index (κ2) is 7.75. The molecule has 8 heteroatoms. The number of likely N-dealkylation sites (tertiary alicyclic amines) is 1. The van der Waals surface area contributed by atoms with Gasteiger partial charge in [0.25, 0.3) is 5.91 Å². The van der Waals surface area contributed by atoms with Gasteiger partial charge in [-0.1, -0.05) is 35.0 Å². The van der Waals surface area contributed by atoms with Crippen molar-refractivity contribution in [1.82, 2.24) is 25.5 Å². The normalized spacial score (nSPS) is 16.5. The lowest BCUT2D eigenvalue weighted by Crippen LogP contribution is -2.28. The maximum atomic E-state index is 12.8. The average molecular weight is 384 g/mol. The number of rotatable bonds is 5. The number of nitrogens with zero attached hydrogens (tertiary/aromatic N) is 4. The molecule has 0 bridgehead atoms. The molecule has 1 aliphatic rings. The van der Waals surface area contributed by atoms with Gasteiger partial charge in [-0.25, -0.2) is 0 Å². The Morgan fingerprint density at radius 2 is 2.11 bits per heavy atom. The Bertz CT molecular complexity index is 914. The number of amides is 1. The Labute approximate surface area is 161 Å². The van der Waals surface area contributed by atoms with Crippen LogP contribution < -0.4 is 4.74 Å². The second-order valence-corrected chi connectivity index (χ2v) is 6.89. The lowest BCUT2D eigenvalue weighted by molar-refractivity contribution is 0.0790. The van der Waals surface area contributed by atoms with Crippen LogP contribution in [0.2, 0.25) is 5.02 Å². The van der Waals surface area contributed by atoms with Crippen molar-refractivity contribution < 1.29 is 9.53 Å². The third kappa shape index (κ3) is 4.09. The van der Waals surface area contributed by atoms with Gasteiger partial charge in [-0.3, -0.25) is 4.79 Å². The Morgan fingerprint density at radius 3 is 2.89 bits per heavy atom. The molecule has 1 unspecified atom stereocenters. The third-order valence-electron chi connectivity index (χ3n) is 4.60. The summed E-state index contributed by atoms with van der Waals surface area (Å²) in [6.45, 7) is 1.68. The molecule has 27 heavy (non-hydrogen) atoms. The highest BCUT2D eigenvalue weighted by Crippen LogP contribution is 2.26. The fourth-order valence-corrected chi connectivity index (χ4v) is 3.27. The highest BCUT2D eigenvalue weighted by atomic mass is 35.5. The van der Waals surface area contributed by atoms with Gasteiger partial charge in [-0.2, -0.15) is 5.21 Å². The first-order valence-electron chi connectivity index (χ1n) is 8.69. The van der Waals surface area contributed by atoms with E-state index in [4.69, 9.17) is 16.3 Å². The number of halogens is 1. The highest BCUT2D eigenvalue weighted by molar-refractivity contribution is 6.30.